The quantitative estimate of drug-likeness (QED) is 0.524. The lowest BCUT2D eigenvalue weighted by Gasteiger charge is -2.02. The maximum atomic E-state index is 5.91. The predicted molar refractivity (Wildman–Crippen MR) is 70.5 cm³/mol. The zero-order valence-corrected chi connectivity index (χ0v) is 10.2. The fourth-order valence-corrected chi connectivity index (χ4v) is 1.17. The van der Waals surface area contributed by atoms with Crippen LogP contribution in [0.2, 0.25) is 5.02 Å². The third-order valence-electron chi connectivity index (χ3n) is 1.72. The molecule has 0 aliphatic carbocycles. The molecule has 0 unspecified atom stereocenters. The van der Waals surface area contributed by atoms with Crippen LogP contribution in [-0.2, 0) is 0 Å². The first-order valence-electron chi connectivity index (χ1n) is 4.19. The van der Waals surface area contributed by atoms with Crippen molar-refractivity contribution in [2.75, 3.05) is 0 Å². The molecule has 1 rings (SSSR count). The number of guanidine groups is 2. The number of nitrogens with zero attached hydrogens (tertiary/aromatic N) is 2. The van der Waals surface area contributed by atoms with Crippen LogP contribution in [0, 0.1) is 6.92 Å². The van der Waals surface area contributed by atoms with Crippen LogP contribution in [0.25, 0.3) is 0 Å². The fourth-order valence-electron chi connectivity index (χ4n) is 0.998. The van der Waals surface area contributed by atoms with Gasteiger partial charge in [-0.1, -0.05) is 17.7 Å². The summed E-state index contributed by atoms with van der Waals surface area (Å²) >= 11 is 5.91. The first-order chi connectivity index (χ1) is 7.00. The molecule has 88 valence electrons. The standard InChI is InChI=1S/C9H12ClN5.ClH/c1-5-6(10)3-2-4-7(5)14-9(13)15-8(11)12;/h2-4H,1H3,(H6,11,12,13,14,15);1H. The van der Waals surface area contributed by atoms with E-state index in [0.29, 0.717) is 10.7 Å². The number of nitrogens with two attached hydrogens (primary N) is 3. The Kier molecular flexibility index (Phi) is 5.63. The van der Waals surface area contributed by atoms with E-state index in [0.717, 1.165) is 5.56 Å². The Labute approximate surface area is 105 Å². The summed E-state index contributed by atoms with van der Waals surface area (Å²) in [7, 11) is 0. The summed E-state index contributed by atoms with van der Waals surface area (Å²) in [6.07, 6.45) is 0. The molecule has 0 aliphatic rings. The molecule has 0 aromatic heterocycles. The van der Waals surface area contributed by atoms with Gasteiger partial charge >= 0.3 is 0 Å². The maximum Gasteiger partial charge on any atom is 0.223 e. The van der Waals surface area contributed by atoms with Crippen LogP contribution >= 0.6 is 24.0 Å². The lowest BCUT2D eigenvalue weighted by atomic mass is 10.2. The van der Waals surface area contributed by atoms with Crippen molar-refractivity contribution in [1.82, 2.24) is 0 Å². The highest BCUT2D eigenvalue weighted by Gasteiger charge is 2.00. The lowest BCUT2D eigenvalue weighted by Crippen LogP contribution is -2.26. The largest absolute Gasteiger partial charge is 0.370 e. The van der Waals surface area contributed by atoms with Gasteiger partial charge in [0, 0.05) is 5.02 Å². The Morgan fingerprint density at radius 3 is 2.44 bits per heavy atom. The van der Waals surface area contributed by atoms with Gasteiger partial charge in [0.15, 0.2) is 5.96 Å². The summed E-state index contributed by atoms with van der Waals surface area (Å²) in [6, 6.07) is 5.32. The van der Waals surface area contributed by atoms with Crippen molar-refractivity contribution in [3.8, 4) is 0 Å². The van der Waals surface area contributed by atoms with Crippen molar-refractivity contribution >= 4 is 41.6 Å². The van der Waals surface area contributed by atoms with Gasteiger partial charge in [0.25, 0.3) is 0 Å². The summed E-state index contributed by atoms with van der Waals surface area (Å²) in [5.41, 5.74) is 17.3. The molecule has 16 heavy (non-hydrogen) atoms. The molecule has 0 bridgehead atoms. The topological polar surface area (TPSA) is 103 Å². The molecule has 5 nitrogen and oxygen atoms in total. The molecule has 6 N–H and O–H groups in total. The zero-order valence-electron chi connectivity index (χ0n) is 8.64. The second-order valence-corrected chi connectivity index (χ2v) is 3.30. The van der Waals surface area contributed by atoms with E-state index in [9.17, 15) is 0 Å². The lowest BCUT2D eigenvalue weighted by molar-refractivity contribution is 1.34. The SMILES string of the molecule is Cc1c(Cl)cccc1N=C(N)N=C(N)N.Cl. The van der Waals surface area contributed by atoms with Crippen molar-refractivity contribution in [3.05, 3.63) is 28.8 Å². The average molecular weight is 262 g/mol. The molecular formula is C9H13Cl2N5. The van der Waals surface area contributed by atoms with Crippen molar-refractivity contribution in [2.45, 2.75) is 6.92 Å². The molecule has 0 radical (unpaired) electrons. The van der Waals surface area contributed by atoms with Crippen LogP contribution in [0.1, 0.15) is 5.56 Å². The van der Waals surface area contributed by atoms with E-state index in [2.05, 4.69) is 9.98 Å². The summed E-state index contributed by atoms with van der Waals surface area (Å²) in [6.45, 7) is 1.84. The third-order valence-corrected chi connectivity index (χ3v) is 2.13. The summed E-state index contributed by atoms with van der Waals surface area (Å²) in [5.74, 6) is -0.128. The molecule has 0 fully saturated rings. The maximum absolute atomic E-state index is 5.91. The smallest absolute Gasteiger partial charge is 0.223 e. The number of benzene rings is 1. The van der Waals surface area contributed by atoms with Crippen LogP contribution in [0.3, 0.4) is 0 Å². The minimum Gasteiger partial charge on any atom is -0.370 e. The van der Waals surface area contributed by atoms with E-state index in [-0.39, 0.29) is 24.3 Å². The van der Waals surface area contributed by atoms with E-state index in [4.69, 9.17) is 28.8 Å². The fraction of sp³-hybridized carbons (Fsp3) is 0.111. The molecular weight excluding hydrogens is 249 g/mol. The normalized spacial score (nSPS) is 10.5. The van der Waals surface area contributed by atoms with E-state index >= 15 is 0 Å². The summed E-state index contributed by atoms with van der Waals surface area (Å²) in [5, 5.41) is 0.619. The molecule has 0 aliphatic heterocycles. The highest BCUT2D eigenvalue weighted by Crippen LogP contribution is 2.25. The molecule has 1 aromatic rings. The Morgan fingerprint density at radius 1 is 1.25 bits per heavy atom. The van der Waals surface area contributed by atoms with Gasteiger partial charge in [-0.3, -0.25) is 0 Å². The van der Waals surface area contributed by atoms with Crippen LogP contribution in [0.4, 0.5) is 5.69 Å². The van der Waals surface area contributed by atoms with Gasteiger partial charge < -0.3 is 17.2 Å². The van der Waals surface area contributed by atoms with Crippen LogP contribution in [0.5, 0.6) is 0 Å². The molecule has 0 atom stereocenters. The first-order valence-corrected chi connectivity index (χ1v) is 4.57. The van der Waals surface area contributed by atoms with Crippen LogP contribution in [-0.4, -0.2) is 11.9 Å². The van der Waals surface area contributed by atoms with Gasteiger partial charge in [0.1, 0.15) is 0 Å². The van der Waals surface area contributed by atoms with Gasteiger partial charge in [0.2, 0.25) is 5.96 Å². The molecule has 1 aromatic carbocycles. The number of hydrogen-bond donors (Lipinski definition) is 3. The first kappa shape index (κ1) is 14.5. The molecule has 0 amide bonds. The Balaban J connectivity index is 0.00000225. The number of aliphatic imine (C=N–C) groups is 2. The second kappa shape index (κ2) is 6.19. The second-order valence-electron chi connectivity index (χ2n) is 2.89. The van der Waals surface area contributed by atoms with Crippen molar-refractivity contribution in [1.29, 1.82) is 0 Å². The van der Waals surface area contributed by atoms with E-state index in [1.807, 2.05) is 6.92 Å². The van der Waals surface area contributed by atoms with Gasteiger partial charge in [-0.15, -0.1) is 12.4 Å². The van der Waals surface area contributed by atoms with Gasteiger partial charge in [-0.2, -0.15) is 4.99 Å². The average Bonchev–Trinajstić information content (AvgIpc) is 2.11. The summed E-state index contributed by atoms with van der Waals surface area (Å²) < 4.78 is 0. The van der Waals surface area contributed by atoms with E-state index < -0.39 is 0 Å². The van der Waals surface area contributed by atoms with E-state index in [1.54, 1.807) is 18.2 Å². The van der Waals surface area contributed by atoms with Gasteiger partial charge in [-0.25, -0.2) is 4.99 Å². The minimum atomic E-state index is -0.129. The van der Waals surface area contributed by atoms with Crippen LogP contribution in [0.15, 0.2) is 28.2 Å². The van der Waals surface area contributed by atoms with E-state index in [1.165, 1.54) is 0 Å². The molecule has 0 spiro atoms. The molecule has 0 heterocycles. The van der Waals surface area contributed by atoms with Crippen molar-refractivity contribution in [3.63, 3.8) is 0 Å². The Hall–Kier alpha value is -1.46. The van der Waals surface area contributed by atoms with Crippen molar-refractivity contribution < 1.29 is 0 Å². The molecule has 0 saturated carbocycles. The number of rotatable bonds is 1. The highest BCUT2D eigenvalue weighted by atomic mass is 35.5. The predicted octanol–water partition coefficient (Wildman–Crippen LogP) is 1.29. The highest BCUT2D eigenvalue weighted by molar-refractivity contribution is 6.31. The number of hydrogen-bond acceptors (Lipinski definition) is 1. The Bertz CT molecular complexity index is 424. The number of halogens is 2. The zero-order chi connectivity index (χ0) is 11.4. The monoisotopic (exact) mass is 261 g/mol. The molecule has 0 saturated heterocycles. The summed E-state index contributed by atoms with van der Waals surface area (Å²) in [4.78, 5) is 7.62. The third kappa shape index (κ3) is 3.96. The Morgan fingerprint density at radius 2 is 1.88 bits per heavy atom. The minimum absolute atomic E-state index is 0. The van der Waals surface area contributed by atoms with Gasteiger partial charge in [-0.05, 0) is 24.6 Å². The van der Waals surface area contributed by atoms with Gasteiger partial charge in [0.05, 0.1) is 5.69 Å². The van der Waals surface area contributed by atoms with Crippen molar-refractivity contribution in [2.24, 2.45) is 27.2 Å². The molecule has 7 heteroatoms. The van der Waals surface area contributed by atoms with Crippen LogP contribution < -0.4 is 17.2 Å².